The first kappa shape index (κ1) is 23.7. The lowest BCUT2D eigenvalue weighted by molar-refractivity contribution is -0.277. The summed E-state index contributed by atoms with van der Waals surface area (Å²) in [5, 5.41) is 79.2. The van der Waals surface area contributed by atoms with Gasteiger partial charge < -0.3 is 50.3 Å². The molecule has 11 nitrogen and oxygen atoms in total. The van der Waals surface area contributed by atoms with Crippen molar-refractivity contribution in [1.82, 2.24) is 0 Å². The molecule has 0 spiro atoms. The van der Waals surface area contributed by atoms with Crippen LogP contribution >= 0.6 is 0 Å². The lowest BCUT2D eigenvalue weighted by atomic mass is 9.98. The topological polar surface area (TPSA) is 197 Å². The molecular formula is C21H24O11. The zero-order valence-corrected chi connectivity index (χ0v) is 16.6. The molecule has 8 N–H and O–H groups in total. The van der Waals surface area contributed by atoms with Crippen LogP contribution in [0.1, 0.15) is 28.4 Å². The highest BCUT2D eigenvalue weighted by Crippen LogP contribution is 2.41. The van der Waals surface area contributed by atoms with Crippen molar-refractivity contribution in [3.05, 3.63) is 47.5 Å². The van der Waals surface area contributed by atoms with E-state index < -0.39 is 72.9 Å². The first-order valence-electron chi connectivity index (χ1n) is 9.66. The molecule has 6 atom stereocenters. The van der Waals surface area contributed by atoms with E-state index in [1.165, 1.54) is 24.3 Å². The third kappa shape index (κ3) is 4.78. The number of aliphatic hydroxyl groups excluding tert-OH is 5. The number of ether oxygens (including phenoxy) is 2. The van der Waals surface area contributed by atoms with E-state index in [1.807, 2.05) is 0 Å². The second kappa shape index (κ2) is 9.69. The molecule has 0 unspecified atom stereocenters. The van der Waals surface area contributed by atoms with E-state index in [9.17, 15) is 45.6 Å². The number of Topliss-reactive ketones (excluding diaryl/α,β-unsaturated/α-hetero) is 1. The lowest BCUT2D eigenvalue weighted by Crippen LogP contribution is -2.60. The number of hydrogen-bond donors (Lipinski definition) is 8. The van der Waals surface area contributed by atoms with Gasteiger partial charge in [-0.15, -0.1) is 0 Å². The fourth-order valence-corrected chi connectivity index (χ4v) is 3.28. The number of carbonyl (C=O) groups is 1. The zero-order valence-electron chi connectivity index (χ0n) is 16.6. The van der Waals surface area contributed by atoms with Crippen LogP contribution < -0.4 is 4.74 Å². The van der Waals surface area contributed by atoms with Crippen molar-refractivity contribution < 1.29 is 55.1 Å². The van der Waals surface area contributed by atoms with Crippen molar-refractivity contribution >= 4 is 5.78 Å². The van der Waals surface area contributed by atoms with Crippen LogP contribution in [0.4, 0.5) is 0 Å². The molecule has 1 fully saturated rings. The van der Waals surface area contributed by atoms with Gasteiger partial charge in [0.25, 0.3) is 0 Å². The first-order valence-corrected chi connectivity index (χ1v) is 9.66. The van der Waals surface area contributed by atoms with Crippen LogP contribution in [0.25, 0.3) is 0 Å². The van der Waals surface area contributed by atoms with Gasteiger partial charge in [0.05, 0.1) is 18.3 Å². The molecule has 32 heavy (non-hydrogen) atoms. The molecule has 1 saturated heterocycles. The summed E-state index contributed by atoms with van der Waals surface area (Å²) in [6.07, 6.45) is -9.86. The van der Waals surface area contributed by atoms with E-state index in [-0.39, 0.29) is 11.3 Å². The molecule has 1 aliphatic rings. The van der Waals surface area contributed by atoms with Crippen molar-refractivity contribution in [1.29, 1.82) is 0 Å². The van der Waals surface area contributed by atoms with Crippen LogP contribution in [-0.2, 0) is 4.74 Å². The highest BCUT2D eigenvalue weighted by molar-refractivity contribution is 6.00. The maximum absolute atomic E-state index is 12.6. The molecule has 1 heterocycles. The monoisotopic (exact) mass is 452 g/mol. The Balaban J connectivity index is 1.80. The molecule has 0 aliphatic carbocycles. The molecule has 0 bridgehead atoms. The van der Waals surface area contributed by atoms with Crippen molar-refractivity contribution in [3.8, 4) is 23.0 Å². The molecule has 11 heteroatoms. The van der Waals surface area contributed by atoms with E-state index in [0.717, 1.165) is 12.1 Å². The first-order chi connectivity index (χ1) is 15.1. The Morgan fingerprint density at radius 1 is 0.969 bits per heavy atom. The molecule has 174 valence electrons. The number of benzene rings is 2. The molecule has 0 radical (unpaired) electrons. The van der Waals surface area contributed by atoms with Gasteiger partial charge in [-0.2, -0.15) is 0 Å². The molecule has 2 aromatic carbocycles. The lowest BCUT2D eigenvalue weighted by Gasteiger charge is -2.39. The number of ketones is 1. The Morgan fingerprint density at radius 2 is 1.62 bits per heavy atom. The average Bonchev–Trinajstić information content (AvgIpc) is 2.76. The van der Waals surface area contributed by atoms with Crippen LogP contribution in [0.5, 0.6) is 23.0 Å². The minimum atomic E-state index is -1.80. The second-order valence-corrected chi connectivity index (χ2v) is 7.36. The molecule has 0 amide bonds. The molecule has 3 rings (SSSR count). The summed E-state index contributed by atoms with van der Waals surface area (Å²) in [4.78, 5) is 12.6. The van der Waals surface area contributed by atoms with Gasteiger partial charge in [-0.05, 0) is 29.8 Å². The quantitative estimate of drug-likeness (QED) is 0.247. The van der Waals surface area contributed by atoms with Crippen LogP contribution in [-0.4, -0.2) is 83.9 Å². The van der Waals surface area contributed by atoms with E-state index in [0.29, 0.717) is 5.56 Å². The predicted octanol–water partition coefficient (Wildman–Crippen LogP) is -0.712. The SMILES string of the molecule is O=C(C[C@H](O)c1ccc(O)cc1)c1ccc(O)c(O[C@H]2O[C@H](CO)[C@@H](O)[C@H](O)[C@H]2O)c1O. The average molecular weight is 452 g/mol. The van der Waals surface area contributed by atoms with E-state index in [2.05, 4.69) is 0 Å². The molecule has 0 saturated carbocycles. The summed E-state index contributed by atoms with van der Waals surface area (Å²) in [7, 11) is 0. The largest absolute Gasteiger partial charge is 0.508 e. The van der Waals surface area contributed by atoms with E-state index >= 15 is 0 Å². The van der Waals surface area contributed by atoms with Gasteiger partial charge in [0.1, 0.15) is 30.2 Å². The Labute approximate surface area is 182 Å². The molecule has 2 aromatic rings. The summed E-state index contributed by atoms with van der Waals surface area (Å²) in [6.45, 7) is -0.712. The highest BCUT2D eigenvalue weighted by atomic mass is 16.7. The standard InChI is InChI=1S/C21H24O11/c22-8-15-17(28)18(29)19(30)21(31-15)32-20-12(24)6-5-11(16(20)27)14(26)7-13(25)9-1-3-10(23)4-2-9/h1-6,13,15,17-19,21-25,27-30H,7-8H2/t13-,15+,17+,18-,19+,21+/m0/s1. The smallest absolute Gasteiger partial charge is 0.229 e. The van der Waals surface area contributed by atoms with Gasteiger partial charge in [-0.3, -0.25) is 4.79 Å². The Morgan fingerprint density at radius 3 is 2.25 bits per heavy atom. The molecule has 0 aromatic heterocycles. The second-order valence-electron chi connectivity index (χ2n) is 7.36. The fraction of sp³-hybridized carbons (Fsp3) is 0.381. The van der Waals surface area contributed by atoms with Crippen molar-refractivity contribution in [2.75, 3.05) is 6.61 Å². The number of rotatable bonds is 7. The Kier molecular flexibility index (Phi) is 7.19. The van der Waals surface area contributed by atoms with Crippen LogP contribution in [0.15, 0.2) is 36.4 Å². The van der Waals surface area contributed by atoms with Gasteiger partial charge in [0.15, 0.2) is 17.3 Å². The summed E-state index contributed by atoms with van der Waals surface area (Å²) >= 11 is 0. The summed E-state index contributed by atoms with van der Waals surface area (Å²) in [5.74, 6) is -2.78. The zero-order chi connectivity index (χ0) is 23.6. The van der Waals surface area contributed by atoms with Gasteiger partial charge in [-0.25, -0.2) is 0 Å². The molecule has 1 aliphatic heterocycles. The van der Waals surface area contributed by atoms with Gasteiger partial charge in [-0.1, -0.05) is 12.1 Å². The third-order valence-corrected chi connectivity index (χ3v) is 5.15. The molecular weight excluding hydrogens is 428 g/mol. The number of hydrogen-bond acceptors (Lipinski definition) is 11. The highest BCUT2D eigenvalue weighted by Gasteiger charge is 2.45. The predicted molar refractivity (Wildman–Crippen MR) is 106 cm³/mol. The van der Waals surface area contributed by atoms with E-state index in [4.69, 9.17) is 9.47 Å². The van der Waals surface area contributed by atoms with Crippen LogP contribution in [0.3, 0.4) is 0 Å². The Bertz CT molecular complexity index is 944. The minimum absolute atomic E-state index is 0.0153. The van der Waals surface area contributed by atoms with Gasteiger partial charge in [0.2, 0.25) is 12.0 Å². The minimum Gasteiger partial charge on any atom is -0.508 e. The Hall–Kier alpha value is -2.93. The van der Waals surface area contributed by atoms with Crippen LogP contribution in [0, 0.1) is 0 Å². The normalized spacial score (nSPS) is 26.5. The maximum atomic E-state index is 12.6. The summed E-state index contributed by atoms with van der Waals surface area (Å²) in [6, 6.07) is 7.69. The van der Waals surface area contributed by atoms with Crippen molar-refractivity contribution in [3.63, 3.8) is 0 Å². The van der Waals surface area contributed by atoms with Gasteiger partial charge in [0, 0.05) is 6.42 Å². The van der Waals surface area contributed by atoms with Crippen molar-refractivity contribution in [2.45, 2.75) is 43.2 Å². The van der Waals surface area contributed by atoms with Gasteiger partial charge >= 0.3 is 0 Å². The maximum Gasteiger partial charge on any atom is 0.229 e. The number of phenols is 3. The fourth-order valence-electron chi connectivity index (χ4n) is 3.28. The van der Waals surface area contributed by atoms with Crippen LogP contribution in [0.2, 0.25) is 0 Å². The number of aromatic hydroxyl groups is 3. The van der Waals surface area contributed by atoms with Crippen molar-refractivity contribution in [2.24, 2.45) is 0 Å². The summed E-state index contributed by atoms with van der Waals surface area (Å²) in [5.41, 5.74) is 0.0485. The third-order valence-electron chi connectivity index (χ3n) is 5.15. The number of carbonyl (C=O) groups excluding carboxylic acids is 1. The number of phenolic OH excluding ortho intramolecular Hbond substituents is 3. The van der Waals surface area contributed by atoms with E-state index in [1.54, 1.807) is 0 Å². The number of aliphatic hydroxyl groups is 5. The summed E-state index contributed by atoms with van der Waals surface area (Å²) < 4.78 is 10.5.